The number of aliphatic hydroxyl groups excluding tert-OH is 1. The summed E-state index contributed by atoms with van der Waals surface area (Å²) in [6.07, 6.45) is 2.20. The summed E-state index contributed by atoms with van der Waals surface area (Å²) in [7, 11) is 0. The van der Waals surface area contributed by atoms with Crippen molar-refractivity contribution >= 4 is 17.4 Å². The maximum absolute atomic E-state index is 12.4. The lowest BCUT2D eigenvalue weighted by atomic mass is 9.98. The smallest absolute Gasteiger partial charge is 0.321 e. The minimum Gasteiger partial charge on any atom is -0.396 e. The van der Waals surface area contributed by atoms with E-state index in [1.165, 1.54) is 0 Å². The molecule has 2 atom stereocenters. The van der Waals surface area contributed by atoms with Crippen LogP contribution >= 0.6 is 0 Å². The standard InChI is InChI=1S/C19H29N3O3/c1-14-11-22(12-15(2)25-14)18-5-3-17(4-6-18)20-19(24)21-9-7-16(13-23)8-10-21/h3-6,14-16,23H,7-13H2,1-2H3,(H,20,24)/t14-,15-/m1/s1. The summed E-state index contributed by atoms with van der Waals surface area (Å²) in [5.41, 5.74) is 1.97. The summed E-state index contributed by atoms with van der Waals surface area (Å²) < 4.78 is 5.78. The number of rotatable bonds is 3. The van der Waals surface area contributed by atoms with Gasteiger partial charge < -0.3 is 25.0 Å². The number of hydrogen-bond acceptors (Lipinski definition) is 4. The van der Waals surface area contributed by atoms with Gasteiger partial charge in [-0.2, -0.15) is 0 Å². The first-order chi connectivity index (χ1) is 12.0. The molecular weight excluding hydrogens is 318 g/mol. The lowest BCUT2D eigenvalue weighted by Gasteiger charge is -2.37. The third kappa shape index (κ3) is 4.64. The zero-order chi connectivity index (χ0) is 17.8. The van der Waals surface area contributed by atoms with E-state index in [1.54, 1.807) is 0 Å². The second-order valence-electron chi connectivity index (χ2n) is 7.25. The van der Waals surface area contributed by atoms with Gasteiger partial charge in [0.2, 0.25) is 0 Å². The Kier molecular flexibility index (Phi) is 5.81. The molecule has 3 rings (SSSR count). The van der Waals surface area contributed by atoms with Gasteiger partial charge in [0.15, 0.2) is 0 Å². The van der Waals surface area contributed by atoms with E-state index >= 15 is 0 Å². The van der Waals surface area contributed by atoms with Gasteiger partial charge in [-0.25, -0.2) is 4.79 Å². The fourth-order valence-electron chi connectivity index (χ4n) is 3.67. The molecule has 0 spiro atoms. The average Bonchev–Trinajstić information content (AvgIpc) is 2.61. The molecule has 2 aliphatic rings. The summed E-state index contributed by atoms with van der Waals surface area (Å²) >= 11 is 0. The first kappa shape index (κ1) is 18.0. The Morgan fingerprint density at radius 3 is 2.32 bits per heavy atom. The molecule has 0 radical (unpaired) electrons. The number of amides is 2. The molecule has 2 heterocycles. The van der Waals surface area contributed by atoms with Gasteiger partial charge in [-0.1, -0.05) is 0 Å². The van der Waals surface area contributed by atoms with E-state index < -0.39 is 0 Å². The van der Waals surface area contributed by atoms with Crippen LogP contribution in [0.5, 0.6) is 0 Å². The van der Waals surface area contributed by atoms with Crippen molar-refractivity contribution in [1.82, 2.24) is 4.90 Å². The number of likely N-dealkylation sites (tertiary alicyclic amines) is 1. The number of piperidine rings is 1. The minimum absolute atomic E-state index is 0.0576. The number of carbonyl (C=O) groups excluding carboxylic acids is 1. The van der Waals surface area contributed by atoms with Crippen molar-refractivity contribution in [2.24, 2.45) is 5.92 Å². The van der Waals surface area contributed by atoms with Crippen molar-refractivity contribution in [3.8, 4) is 0 Å². The number of nitrogens with zero attached hydrogens (tertiary/aromatic N) is 2. The lowest BCUT2D eigenvalue weighted by Crippen LogP contribution is -2.45. The molecule has 2 N–H and O–H groups in total. The second-order valence-corrected chi connectivity index (χ2v) is 7.25. The molecule has 2 saturated heterocycles. The summed E-state index contributed by atoms with van der Waals surface area (Å²) in [4.78, 5) is 16.5. The number of urea groups is 1. The first-order valence-corrected chi connectivity index (χ1v) is 9.22. The highest BCUT2D eigenvalue weighted by Crippen LogP contribution is 2.23. The quantitative estimate of drug-likeness (QED) is 0.882. The largest absolute Gasteiger partial charge is 0.396 e. The van der Waals surface area contributed by atoms with Crippen molar-refractivity contribution in [2.45, 2.75) is 38.9 Å². The number of benzene rings is 1. The van der Waals surface area contributed by atoms with E-state index in [0.717, 1.165) is 37.3 Å². The number of ether oxygens (including phenoxy) is 1. The Hall–Kier alpha value is -1.79. The van der Waals surface area contributed by atoms with Crippen molar-refractivity contribution in [1.29, 1.82) is 0 Å². The van der Waals surface area contributed by atoms with Crippen LogP contribution in [0.1, 0.15) is 26.7 Å². The normalized spacial score (nSPS) is 25.1. The van der Waals surface area contributed by atoms with Crippen molar-refractivity contribution < 1.29 is 14.6 Å². The molecule has 6 heteroatoms. The van der Waals surface area contributed by atoms with Crippen molar-refractivity contribution in [2.75, 3.05) is 43.0 Å². The van der Waals surface area contributed by atoms with E-state index in [2.05, 4.69) is 36.2 Å². The van der Waals surface area contributed by atoms with Crippen LogP contribution < -0.4 is 10.2 Å². The van der Waals surface area contributed by atoms with Crippen LogP contribution in [-0.2, 0) is 4.74 Å². The summed E-state index contributed by atoms with van der Waals surface area (Å²) in [5, 5.41) is 12.2. The first-order valence-electron chi connectivity index (χ1n) is 9.22. The molecule has 0 bridgehead atoms. The van der Waals surface area contributed by atoms with Crippen molar-refractivity contribution in [3.63, 3.8) is 0 Å². The Bertz CT molecular complexity index is 560. The Labute approximate surface area is 149 Å². The highest BCUT2D eigenvalue weighted by atomic mass is 16.5. The van der Waals surface area contributed by atoms with Gasteiger partial charge in [0.05, 0.1) is 12.2 Å². The van der Waals surface area contributed by atoms with Gasteiger partial charge in [-0.15, -0.1) is 0 Å². The number of hydrogen-bond donors (Lipinski definition) is 2. The Morgan fingerprint density at radius 2 is 1.76 bits per heavy atom. The van der Waals surface area contributed by atoms with Crippen LogP contribution in [0.2, 0.25) is 0 Å². The van der Waals surface area contributed by atoms with E-state index in [1.807, 2.05) is 17.0 Å². The summed E-state index contributed by atoms with van der Waals surface area (Å²) in [5.74, 6) is 0.335. The predicted octanol–water partition coefficient (Wildman–Crippen LogP) is 2.54. The van der Waals surface area contributed by atoms with Crippen molar-refractivity contribution in [3.05, 3.63) is 24.3 Å². The molecule has 138 valence electrons. The molecule has 25 heavy (non-hydrogen) atoms. The second kappa shape index (κ2) is 8.06. The minimum atomic E-state index is -0.0576. The van der Waals surface area contributed by atoms with Gasteiger partial charge >= 0.3 is 6.03 Å². The third-order valence-electron chi connectivity index (χ3n) is 5.06. The average molecular weight is 347 g/mol. The van der Waals surface area contributed by atoms with Crippen LogP contribution in [0.25, 0.3) is 0 Å². The van der Waals surface area contributed by atoms with Crippen LogP contribution in [-0.4, -0.2) is 61.0 Å². The topological polar surface area (TPSA) is 65.0 Å². The van der Waals surface area contributed by atoms with Crippen LogP contribution in [0.4, 0.5) is 16.2 Å². The number of anilines is 2. The summed E-state index contributed by atoms with van der Waals surface area (Å²) in [6, 6.07) is 7.96. The van der Waals surface area contributed by atoms with Gasteiger partial charge in [0.25, 0.3) is 0 Å². The highest BCUT2D eigenvalue weighted by Gasteiger charge is 2.23. The monoisotopic (exact) mass is 347 g/mol. The predicted molar refractivity (Wildman–Crippen MR) is 99.1 cm³/mol. The zero-order valence-corrected chi connectivity index (χ0v) is 15.1. The molecular formula is C19H29N3O3. The van der Waals surface area contributed by atoms with E-state index in [9.17, 15) is 9.90 Å². The van der Waals surface area contributed by atoms with Crippen LogP contribution in [0.3, 0.4) is 0 Å². The SMILES string of the molecule is C[C@@H]1CN(c2ccc(NC(=O)N3CCC(CO)CC3)cc2)C[C@@H](C)O1. The van der Waals surface area contributed by atoms with Crippen LogP contribution in [0, 0.1) is 5.92 Å². The molecule has 2 fully saturated rings. The molecule has 0 unspecified atom stereocenters. The number of morpholine rings is 1. The summed E-state index contributed by atoms with van der Waals surface area (Å²) in [6.45, 7) is 7.59. The van der Waals surface area contributed by atoms with Gasteiger partial charge in [-0.3, -0.25) is 0 Å². The number of nitrogens with one attached hydrogen (secondary N) is 1. The Balaban J connectivity index is 1.55. The molecule has 6 nitrogen and oxygen atoms in total. The maximum Gasteiger partial charge on any atom is 0.321 e. The molecule has 0 saturated carbocycles. The lowest BCUT2D eigenvalue weighted by molar-refractivity contribution is -0.00521. The number of aliphatic hydroxyl groups is 1. The van der Waals surface area contributed by atoms with E-state index in [0.29, 0.717) is 19.0 Å². The van der Waals surface area contributed by atoms with Crippen LogP contribution in [0.15, 0.2) is 24.3 Å². The zero-order valence-electron chi connectivity index (χ0n) is 15.1. The molecule has 0 aliphatic carbocycles. The van der Waals surface area contributed by atoms with Gasteiger partial charge in [0, 0.05) is 44.2 Å². The molecule has 2 amide bonds. The molecule has 0 aromatic heterocycles. The Morgan fingerprint density at radius 1 is 1.16 bits per heavy atom. The molecule has 1 aromatic carbocycles. The third-order valence-corrected chi connectivity index (χ3v) is 5.06. The molecule has 2 aliphatic heterocycles. The molecule has 1 aromatic rings. The van der Waals surface area contributed by atoms with E-state index in [4.69, 9.17) is 4.74 Å². The highest BCUT2D eigenvalue weighted by molar-refractivity contribution is 5.89. The van der Waals surface area contributed by atoms with Gasteiger partial charge in [0.1, 0.15) is 0 Å². The van der Waals surface area contributed by atoms with Gasteiger partial charge in [-0.05, 0) is 56.9 Å². The van der Waals surface area contributed by atoms with E-state index in [-0.39, 0.29) is 24.8 Å². The fraction of sp³-hybridized carbons (Fsp3) is 0.632. The fourth-order valence-corrected chi connectivity index (χ4v) is 3.67. The number of carbonyl (C=O) groups is 1. The maximum atomic E-state index is 12.4.